The van der Waals surface area contributed by atoms with Crippen molar-refractivity contribution in [2.45, 2.75) is 151 Å². The molecule has 0 N–H and O–H groups in total. The summed E-state index contributed by atoms with van der Waals surface area (Å²) in [6.07, 6.45) is 4.76. The Morgan fingerprint density at radius 3 is 1.50 bits per heavy atom. The van der Waals surface area contributed by atoms with Gasteiger partial charge in [0, 0.05) is 29.7 Å². The lowest BCUT2D eigenvalue weighted by Crippen LogP contribution is -2.45. The summed E-state index contributed by atoms with van der Waals surface area (Å²) in [4.78, 5) is 34.8. The monoisotopic (exact) mass is 692 g/mol. The third kappa shape index (κ3) is 16.1. The molecule has 2 aromatic carbocycles. The summed E-state index contributed by atoms with van der Waals surface area (Å²) in [7, 11) is 0. The van der Waals surface area contributed by atoms with Gasteiger partial charge in [-0.25, -0.2) is 9.59 Å². The van der Waals surface area contributed by atoms with Gasteiger partial charge in [0.25, 0.3) is 0 Å². The molecule has 0 bridgehead atoms. The maximum atomic E-state index is 13.0. The molecule has 0 fully saturated rings. The number of hydrogen-bond donors (Lipinski definition) is 0. The maximum absolute atomic E-state index is 13.0. The van der Waals surface area contributed by atoms with Crippen LogP contribution >= 0.6 is 0 Å². The molecule has 5 unspecified atom stereocenters. The minimum Gasteiger partial charge on any atom is -0.459 e. The molecule has 278 valence electrons. The molecule has 0 aromatic heterocycles. The van der Waals surface area contributed by atoms with Crippen LogP contribution in [0.5, 0.6) is 0 Å². The Kier molecular flexibility index (Phi) is 16.1. The fourth-order valence-electron chi connectivity index (χ4n) is 5.58. The molecule has 0 saturated heterocycles. The van der Waals surface area contributed by atoms with E-state index in [4.69, 9.17) is 18.9 Å². The third-order valence-electron chi connectivity index (χ3n) is 8.56. The van der Waals surface area contributed by atoms with Crippen LogP contribution in [-0.4, -0.2) is 72.6 Å². The summed E-state index contributed by atoms with van der Waals surface area (Å²) in [6, 6.07) is 19.2. The second-order valence-corrected chi connectivity index (χ2v) is 16.3. The van der Waals surface area contributed by atoms with Crippen LogP contribution in [-0.2, 0) is 41.4 Å². The topological polar surface area (TPSA) is 95.8 Å². The molecule has 0 saturated carbocycles. The SMILES string of the molecule is CC(COC(C)(C)CC(C)OC(C)(C)C(C)OC(=O)C(C)/N=C/C(C)(C)Cc1ccccc1)OC(=O)C(C)/N=C/C(C)(C)Cc1ccccc1. The molecule has 0 amide bonds. The molecule has 0 aliphatic carbocycles. The Morgan fingerprint density at radius 1 is 0.640 bits per heavy atom. The number of hydrogen-bond acceptors (Lipinski definition) is 8. The molecule has 0 spiro atoms. The zero-order chi connectivity index (χ0) is 37.8. The average molecular weight is 693 g/mol. The van der Waals surface area contributed by atoms with E-state index in [1.807, 2.05) is 97.3 Å². The van der Waals surface area contributed by atoms with Crippen LogP contribution in [0, 0.1) is 10.8 Å². The lowest BCUT2D eigenvalue weighted by atomic mass is 9.87. The molecule has 0 aliphatic rings. The van der Waals surface area contributed by atoms with Crippen LogP contribution in [0.1, 0.15) is 108 Å². The fourth-order valence-corrected chi connectivity index (χ4v) is 5.58. The predicted octanol–water partition coefficient (Wildman–Crippen LogP) is 8.68. The first-order valence-corrected chi connectivity index (χ1v) is 18.0. The molecule has 5 atom stereocenters. The van der Waals surface area contributed by atoms with E-state index in [2.05, 4.69) is 61.9 Å². The summed E-state index contributed by atoms with van der Waals surface area (Å²) in [6.45, 7) is 25.6. The molecule has 2 rings (SSSR count). The molecular formula is C42H64N2O6. The van der Waals surface area contributed by atoms with Crippen molar-refractivity contribution < 1.29 is 28.5 Å². The Balaban J connectivity index is 1.80. The van der Waals surface area contributed by atoms with E-state index in [1.54, 1.807) is 13.8 Å². The van der Waals surface area contributed by atoms with Gasteiger partial charge in [-0.05, 0) is 86.3 Å². The molecule has 2 aromatic rings. The van der Waals surface area contributed by atoms with Crippen molar-refractivity contribution in [2.24, 2.45) is 20.8 Å². The molecule has 8 nitrogen and oxygen atoms in total. The highest BCUT2D eigenvalue weighted by atomic mass is 16.6. The number of benzene rings is 2. The van der Waals surface area contributed by atoms with Gasteiger partial charge in [-0.3, -0.25) is 9.98 Å². The number of carbonyl (C=O) groups excluding carboxylic acids is 2. The van der Waals surface area contributed by atoms with E-state index < -0.39 is 41.5 Å². The van der Waals surface area contributed by atoms with Crippen molar-refractivity contribution in [3.05, 3.63) is 71.8 Å². The Labute approximate surface area is 302 Å². The second kappa shape index (κ2) is 18.8. The van der Waals surface area contributed by atoms with Crippen molar-refractivity contribution in [1.29, 1.82) is 0 Å². The summed E-state index contributed by atoms with van der Waals surface area (Å²) in [5.41, 5.74) is 0.722. The van der Waals surface area contributed by atoms with Crippen LogP contribution in [0.25, 0.3) is 0 Å². The van der Waals surface area contributed by atoms with Gasteiger partial charge in [0.05, 0.1) is 23.9 Å². The van der Waals surface area contributed by atoms with Crippen LogP contribution in [0.4, 0.5) is 0 Å². The lowest BCUT2D eigenvalue weighted by Gasteiger charge is -2.37. The van der Waals surface area contributed by atoms with Gasteiger partial charge in [-0.1, -0.05) is 88.4 Å². The highest BCUT2D eigenvalue weighted by Crippen LogP contribution is 2.27. The summed E-state index contributed by atoms with van der Waals surface area (Å²) in [5, 5.41) is 0. The fraction of sp³-hybridized carbons (Fsp3) is 0.619. The molecule has 0 heterocycles. The highest BCUT2D eigenvalue weighted by molar-refractivity contribution is 5.79. The third-order valence-corrected chi connectivity index (χ3v) is 8.56. The van der Waals surface area contributed by atoms with Gasteiger partial charge in [0.1, 0.15) is 24.3 Å². The number of ether oxygens (including phenoxy) is 4. The number of esters is 2. The van der Waals surface area contributed by atoms with E-state index in [9.17, 15) is 9.59 Å². The van der Waals surface area contributed by atoms with Gasteiger partial charge in [-0.15, -0.1) is 0 Å². The van der Waals surface area contributed by atoms with Gasteiger partial charge >= 0.3 is 11.9 Å². The quantitative estimate of drug-likeness (QED) is 0.102. The minimum atomic E-state index is -0.754. The largest absolute Gasteiger partial charge is 0.459 e. The van der Waals surface area contributed by atoms with E-state index in [1.165, 1.54) is 11.1 Å². The van der Waals surface area contributed by atoms with Crippen LogP contribution < -0.4 is 0 Å². The van der Waals surface area contributed by atoms with E-state index in [0.717, 1.165) is 12.8 Å². The minimum absolute atomic E-state index is 0.200. The molecule has 0 aliphatic heterocycles. The molecule has 0 radical (unpaired) electrons. The van der Waals surface area contributed by atoms with Crippen LogP contribution in [0.2, 0.25) is 0 Å². The highest BCUT2D eigenvalue weighted by Gasteiger charge is 2.35. The number of nitrogens with zero attached hydrogens (tertiary/aromatic N) is 2. The van der Waals surface area contributed by atoms with Crippen molar-refractivity contribution in [2.75, 3.05) is 6.61 Å². The summed E-state index contributed by atoms with van der Waals surface area (Å²) >= 11 is 0. The first-order valence-electron chi connectivity index (χ1n) is 18.0. The zero-order valence-corrected chi connectivity index (χ0v) is 33.0. The second-order valence-electron chi connectivity index (χ2n) is 16.3. The number of aliphatic imine (C=N–C) groups is 2. The Hall–Kier alpha value is -3.36. The van der Waals surface area contributed by atoms with Crippen molar-refractivity contribution in [3.63, 3.8) is 0 Å². The summed E-state index contributed by atoms with van der Waals surface area (Å²) < 4.78 is 24.1. The molecule has 8 heteroatoms. The average Bonchev–Trinajstić information content (AvgIpc) is 3.01. The van der Waals surface area contributed by atoms with E-state index >= 15 is 0 Å². The standard InChI is InChI=1S/C42H64N2O6/c1-30(50-42(12,13)34(5)49-38(46)33(4)44-29-40(8,9)26-36-22-18-15-19-23-36)24-41(10,11)47-27-31(2)48-37(45)32(3)43-28-39(6,7)25-35-20-16-14-17-21-35/h14-23,28-34H,24-27H2,1-13H3/b43-28+,44-29+. The first kappa shape index (κ1) is 42.8. The smallest absolute Gasteiger partial charge is 0.330 e. The van der Waals surface area contributed by atoms with Crippen molar-refractivity contribution in [1.82, 2.24) is 0 Å². The summed E-state index contributed by atoms with van der Waals surface area (Å²) in [5.74, 6) is -0.778. The van der Waals surface area contributed by atoms with Gasteiger partial charge in [0.15, 0.2) is 0 Å². The maximum Gasteiger partial charge on any atom is 0.330 e. The number of carbonyl (C=O) groups is 2. The normalized spacial score (nSPS) is 16.2. The molecular weight excluding hydrogens is 628 g/mol. The van der Waals surface area contributed by atoms with E-state index in [-0.39, 0.29) is 29.5 Å². The van der Waals surface area contributed by atoms with Crippen LogP contribution in [0.3, 0.4) is 0 Å². The molecule has 50 heavy (non-hydrogen) atoms. The van der Waals surface area contributed by atoms with E-state index in [0.29, 0.717) is 6.42 Å². The van der Waals surface area contributed by atoms with Gasteiger partial charge in [0.2, 0.25) is 0 Å². The van der Waals surface area contributed by atoms with Gasteiger partial charge < -0.3 is 18.9 Å². The Morgan fingerprint density at radius 2 is 1.06 bits per heavy atom. The Bertz CT molecular complexity index is 1380. The predicted molar refractivity (Wildman–Crippen MR) is 204 cm³/mol. The number of rotatable bonds is 20. The lowest BCUT2D eigenvalue weighted by molar-refractivity contribution is -0.181. The van der Waals surface area contributed by atoms with Gasteiger partial charge in [-0.2, -0.15) is 0 Å². The first-order chi connectivity index (χ1) is 23.1. The van der Waals surface area contributed by atoms with Crippen molar-refractivity contribution >= 4 is 24.4 Å². The zero-order valence-electron chi connectivity index (χ0n) is 33.0. The van der Waals surface area contributed by atoms with Crippen molar-refractivity contribution in [3.8, 4) is 0 Å². The van der Waals surface area contributed by atoms with Crippen LogP contribution in [0.15, 0.2) is 70.6 Å².